The lowest BCUT2D eigenvalue weighted by Crippen LogP contribution is -2.06. The summed E-state index contributed by atoms with van der Waals surface area (Å²) in [5.74, 6) is -0.142. The van der Waals surface area contributed by atoms with E-state index in [1.54, 1.807) is 0 Å². The number of nitrogens with zero attached hydrogens (tertiary/aromatic N) is 2. The molecule has 0 atom stereocenters. The van der Waals surface area contributed by atoms with Gasteiger partial charge in [-0.15, -0.1) is 0 Å². The minimum Gasteiger partial charge on any atom is -0.470 e. The Morgan fingerprint density at radius 1 is 1.29 bits per heavy atom. The largest absolute Gasteiger partial charge is 0.470 e. The first-order chi connectivity index (χ1) is 6.86. The van der Waals surface area contributed by atoms with Gasteiger partial charge in [-0.2, -0.15) is 0 Å². The Kier molecular flexibility index (Phi) is 4.00. The third-order valence-electron chi connectivity index (χ3n) is 1.50. The first-order valence-electron chi connectivity index (χ1n) is 3.93. The van der Waals surface area contributed by atoms with Crippen molar-refractivity contribution in [1.82, 2.24) is 0 Å². The highest BCUT2D eigenvalue weighted by Gasteiger charge is 1.97. The summed E-state index contributed by atoms with van der Waals surface area (Å²) >= 11 is 0. The van der Waals surface area contributed by atoms with Gasteiger partial charge in [0.2, 0.25) is 0 Å². The molecule has 0 bridgehead atoms. The van der Waals surface area contributed by atoms with Crippen LogP contribution in [0.2, 0.25) is 0 Å². The van der Waals surface area contributed by atoms with E-state index in [9.17, 15) is 0 Å². The van der Waals surface area contributed by atoms with Crippen molar-refractivity contribution in [2.24, 2.45) is 10.3 Å². The lowest BCUT2D eigenvalue weighted by atomic mass is 10.2. The molecule has 5 heteroatoms. The number of benzene rings is 1. The molecule has 2 N–H and O–H groups in total. The molecule has 0 aliphatic carbocycles. The van der Waals surface area contributed by atoms with Gasteiger partial charge in [-0.25, -0.2) is 0 Å². The van der Waals surface area contributed by atoms with E-state index in [1.165, 1.54) is 0 Å². The van der Waals surface area contributed by atoms with Crippen molar-refractivity contribution in [2.45, 2.75) is 6.61 Å². The molecule has 0 spiro atoms. The molecule has 0 aromatic heterocycles. The number of rotatable bonds is 3. The Hall–Kier alpha value is -2.04. The molecular formula is C9H10N2O3. The van der Waals surface area contributed by atoms with Gasteiger partial charge in [0.05, 0.1) is 0 Å². The highest BCUT2D eigenvalue weighted by molar-refractivity contribution is 6.25. The van der Waals surface area contributed by atoms with Gasteiger partial charge in [0, 0.05) is 0 Å². The minimum atomic E-state index is -0.142. The van der Waals surface area contributed by atoms with Crippen LogP contribution in [0.25, 0.3) is 0 Å². The Bertz CT molecular complexity index is 322. The molecule has 5 nitrogen and oxygen atoms in total. The van der Waals surface area contributed by atoms with E-state index in [-0.39, 0.29) is 12.5 Å². The molecule has 0 aliphatic heterocycles. The highest BCUT2D eigenvalue weighted by Crippen LogP contribution is 2.00. The first-order valence-corrected chi connectivity index (χ1v) is 3.93. The molecule has 0 amide bonds. The molecule has 0 radical (unpaired) electrons. The molecule has 0 saturated carbocycles. The van der Waals surface area contributed by atoms with Crippen LogP contribution in [0.1, 0.15) is 5.56 Å². The summed E-state index contributed by atoms with van der Waals surface area (Å²) in [5.41, 5.74) is 0.931. The zero-order valence-corrected chi connectivity index (χ0v) is 7.37. The number of ether oxygens (including phenoxy) is 1. The van der Waals surface area contributed by atoms with E-state index in [4.69, 9.17) is 15.2 Å². The minimum absolute atomic E-state index is 0.142. The maximum Gasteiger partial charge on any atom is 0.272 e. The summed E-state index contributed by atoms with van der Waals surface area (Å²) in [4.78, 5) is 0. The zero-order chi connectivity index (χ0) is 10.2. The fraction of sp³-hybridized carbons (Fsp3) is 0.111. The summed E-state index contributed by atoms with van der Waals surface area (Å²) in [7, 11) is 0. The SMILES string of the molecule is ON=CC(=NO)OCc1ccccc1. The molecule has 0 saturated heterocycles. The predicted molar refractivity (Wildman–Crippen MR) is 50.7 cm³/mol. The van der Waals surface area contributed by atoms with Gasteiger partial charge in [0.1, 0.15) is 12.8 Å². The van der Waals surface area contributed by atoms with E-state index < -0.39 is 0 Å². The Morgan fingerprint density at radius 3 is 2.57 bits per heavy atom. The van der Waals surface area contributed by atoms with Crippen molar-refractivity contribution in [3.63, 3.8) is 0 Å². The fourth-order valence-corrected chi connectivity index (χ4v) is 0.873. The van der Waals surface area contributed by atoms with Crippen LogP contribution in [-0.4, -0.2) is 22.5 Å². The van der Waals surface area contributed by atoms with Gasteiger partial charge in [0.15, 0.2) is 0 Å². The van der Waals surface area contributed by atoms with Crippen LogP contribution in [-0.2, 0) is 11.3 Å². The van der Waals surface area contributed by atoms with Crippen LogP contribution < -0.4 is 0 Å². The average Bonchev–Trinajstić information content (AvgIpc) is 2.25. The van der Waals surface area contributed by atoms with Crippen LogP contribution in [0.4, 0.5) is 0 Å². The van der Waals surface area contributed by atoms with Crippen LogP contribution in [0.3, 0.4) is 0 Å². The van der Waals surface area contributed by atoms with E-state index >= 15 is 0 Å². The molecule has 1 aromatic rings. The highest BCUT2D eigenvalue weighted by atomic mass is 16.5. The van der Waals surface area contributed by atoms with E-state index in [0.29, 0.717) is 0 Å². The first kappa shape index (κ1) is 10.0. The summed E-state index contributed by atoms with van der Waals surface area (Å²) in [5, 5.41) is 22.0. The molecule has 74 valence electrons. The van der Waals surface area contributed by atoms with Crippen LogP contribution in [0.15, 0.2) is 40.6 Å². The number of hydrogen-bond acceptors (Lipinski definition) is 5. The standard InChI is InChI=1S/C9H10N2O3/c12-10-6-9(11-13)14-7-8-4-2-1-3-5-8/h1-6,12-13H,7H2. The maximum absolute atomic E-state index is 8.40. The van der Waals surface area contributed by atoms with Crippen molar-refractivity contribution < 1.29 is 15.2 Å². The van der Waals surface area contributed by atoms with Crippen molar-refractivity contribution in [3.8, 4) is 0 Å². The van der Waals surface area contributed by atoms with E-state index in [2.05, 4.69) is 10.3 Å². The van der Waals surface area contributed by atoms with Gasteiger partial charge in [-0.1, -0.05) is 35.5 Å². The summed E-state index contributed by atoms with van der Waals surface area (Å²) < 4.78 is 5.01. The molecule has 0 heterocycles. The number of oxime groups is 2. The quantitative estimate of drug-likeness (QED) is 0.331. The second-order valence-electron chi connectivity index (χ2n) is 2.46. The maximum atomic E-state index is 8.40. The topological polar surface area (TPSA) is 74.4 Å². The van der Waals surface area contributed by atoms with Crippen molar-refractivity contribution >= 4 is 12.1 Å². The molecule has 0 aliphatic rings. The second-order valence-corrected chi connectivity index (χ2v) is 2.46. The average molecular weight is 194 g/mol. The third kappa shape index (κ3) is 3.14. The summed E-state index contributed by atoms with van der Waals surface area (Å²) in [6.07, 6.45) is 0.906. The monoisotopic (exact) mass is 194 g/mol. The third-order valence-corrected chi connectivity index (χ3v) is 1.50. The molecule has 1 rings (SSSR count). The fourth-order valence-electron chi connectivity index (χ4n) is 0.873. The molecular weight excluding hydrogens is 184 g/mol. The summed E-state index contributed by atoms with van der Waals surface area (Å²) in [6.45, 7) is 0.256. The van der Waals surface area contributed by atoms with Gasteiger partial charge in [-0.05, 0) is 10.7 Å². The zero-order valence-electron chi connectivity index (χ0n) is 7.37. The molecule has 1 aromatic carbocycles. The van der Waals surface area contributed by atoms with Gasteiger partial charge in [-0.3, -0.25) is 0 Å². The van der Waals surface area contributed by atoms with Crippen molar-refractivity contribution in [2.75, 3.05) is 0 Å². The van der Waals surface area contributed by atoms with E-state index in [1.807, 2.05) is 30.3 Å². The number of hydrogen-bond donors (Lipinski definition) is 2. The molecule has 0 fully saturated rings. The van der Waals surface area contributed by atoms with Crippen LogP contribution in [0.5, 0.6) is 0 Å². The normalized spacial score (nSPS) is 11.9. The van der Waals surface area contributed by atoms with Crippen molar-refractivity contribution in [3.05, 3.63) is 35.9 Å². The lowest BCUT2D eigenvalue weighted by Gasteiger charge is -2.02. The van der Waals surface area contributed by atoms with Crippen LogP contribution >= 0.6 is 0 Å². The Morgan fingerprint density at radius 2 is 2.00 bits per heavy atom. The Labute approximate surface area is 80.9 Å². The summed E-state index contributed by atoms with van der Waals surface area (Å²) in [6, 6.07) is 9.36. The van der Waals surface area contributed by atoms with Gasteiger partial charge in [0.25, 0.3) is 5.90 Å². The molecule has 0 unspecified atom stereocenters. The predicted octanol–water partition coefficient (Wildman–Crippen LogP) is 1.45. The smallest absolute Gasteiger partial charge is 0.272 e. The van der Waals surface area contributed by atoms with Gasteiger partial charge < -0.3 is 15.2 Å². The lowest BCUT2D eigenvalue weighted by molar-refractivity contribution is 0.251. The van der Waals surface area contributed by atoms with Crippen molar-refractivity contribution in [1.29, 1.82) is 0 Å². The second kappa shape index (κ2) is 5.58. The van der Waals surface area contributed by atoms with E-state index in [0.717, 1.165) is 11.8 Å². The van der Waals surface area contributed by atoms with Crippen LogP contribution in [0, 0.1) is 0 Å². The van der Waals surface area contributed by atoms with Gasteiger partial charge >= 0.3 is 0 Å². The molecule has 14 heavy (non-hydrogen) atoms. The Balaban J connectivity index is 2.48.